The van der Waals surface area contributed by atoms with Crippen LogP contribution in [0.2, 0.25) is 0 Å². The summed E-state index contributed by atoms with van der Waals surface area (Å²) >= 11 is 3.31. The monoisotopic (exact) mass is 377 g/mol. The van der Waals surface area contributed by atoms with Crippen molar-refractivity contribution in [3.05, 3.63) is 56.5 Å². The predicted octanol–water partition coefficient (Wildman–Crippen LogP) is 2.95. The maximum absolute atomic E-state index is 11.0. The van der Waals surface area contributed by atoms with Gasteiger partial charge in [-0.1, -0.05) is 28.1 Å². The highest BCUT2D eigenvalue weighted by atomic mass is 79.9. The topological polar surface area (TPSA) is 127 Å². The lowest BCUT2D eigenvalue weighted by Gasteiger charge is -2.05. The average molecular weight is 378 g/mol. The van der Waals surface area contributed by atoms with Gasteiger partial charge in [-0.2, -0.15) is 0 Å². The maximum Gasteiger partial charge on any atom is 0.300 e. The molecule has 0 aliphatic rings. The lowest BCUT2D eigenvalue weighted by molar-refractivity contribution is -0.383. The van der Waals surface area contributed by atoms with Gasteiger partial charge < -0.3 is 0 Å². The molecule has 0 radical (unpaired) electrons. The van der Waals surface area contributed by atoms with Gasteiger partial charge in [-0.15, -0.1) is 0 Å². The summed E-state index contributed by atoms with van der Waals surface area (Å²) in [4.78, 5) is 14.6. The first kappa shape index (κ1) is 15.1. The van der Waals surface area contributed by atoms with Gasteiger partial charge in [0.25, 0.3) is 0 Å². The summed E-state index contributed by atoms with van der Waals surface area (Å²) in [6.45, 7) is 0. The number of aliphatic imine (C=N–C) groups is 1. The molecule has 2 N–H and O–H groups in total. The third-order valence-corrected chi connectivity index (χ3v) is 3.55. The number of aromatic nitrogens is 2. The highest BCUT2D eigenvalue weighted by Gasteiger charge is 2.19. The first-order chi connectivity index (χ1) is 11.1. The Hall–Kier alpha value is -2.85. The van der Waals surface area contributed by atoms with Crippen LogP contribution in [0, 0.1) is 10.1 Å². The van der Waals surface area contributed by atoms with E-state index in [0.29, 0.717) is 5.56 Å². The highest BCUT2D eigenvalue weighted by molar-refractivity contribution is 9.10. The van der Waals surface area contributed by atoms with Gasteiger partial charge in [0, 0.05) is 16.1 Å². The van der Waals surface area contributed by atoms with Crippen LogP contribution in [-0.4, -0.2) is 26.3 Å². The minimum Gasteiger partial charge on any atom is -0.290 e. The first-order valence-corrected chi connectivity index (χ1v) is 7.04. The van der Waals surface area contributed by atoms with Gasteiger partial charge in [-0.05, 0) is 28.5 Å². The van der Waals surface area contributed by atoms with Crippen molar-refractivity contribution < 1.29 is 14.8 Å². The number of hydroxylamine groups is 1. The van der Waals surface area contributed by atoms with Crippen LogP contribution in [0.25, 0.3) is 11.0 Å². The Labute approximate surface area is 136 Å². The standard InChI is InChI=1S/C13H8BrN5O4/c14-8-3-1-7(2-4-8)13(16-20)15-9-5-6-10(19(21)22)12-11(9)17-23-18-12/h1-6,20H,(H,15,16). The number of nitrogens with zero attached hydrogens (tertiary/aromatic N) is 4. The quantitative estimate of drug-likeness (QED) is 0.310. The number of benzene rings is 2. The number of halogens is 1. The number of nitro groups is 1. The number of rotatable bonds is 3. The molecule has 0 atom stereocenters. The molecule has 9 nitrogen and oxygen atoms in total. The van der Waals surface area contributed by atoms with Crippen LogP contribution in [0.5, 0.6) is 0 Å². The van der Waals surface area contributed by atoms with Crippen molar-refractivity contribution in [2.45, 2.75) is 0 Å². The normalized spacial score (nSPS) is 11.7. The van der Waals surface area contributed by atoms with Crippen LogP contribution < -0.4 is 5.48 Å². The number of nitrogens with one attached hydrogen (secondary N) is 1. The van der Waals surface area contributed by atoms with Gasteiger partial charge in [0.1, 0.15) is 0 Å². The summed E-state index contributed by atoms with van der Waals surface area (Å²) in [5, 5.41) is 27.4. The van der Waals surface area contributed by atoms with E-state index in [-0.39, 0.29) is 28.2 Å². The van der Waals surface area contributed by atoms with Gasteiger partial charge in [0.05, 0.1) is 10.6 Å². The molecule has 10 heteroatoms. The summed E-state index contributed by atoms with van der Waals surface area (Å²) in [5.41, 5.74) is 2.77. The lowest BCUT2D eigenvalue weighted by atomic mass is 10.2. The zero-order valence-corrected chi connectivity index (χ0v) is 12.9. The second-order valence-corrected chi connectivity index (χ2v) is 5.32. The van der Waals surface area contributed by atoms with Gasteiger partial charge >= 0.3 is 5.69 Å². The van der Waals surface area contributed by atoms with Gasteiger partial charge in [0.2, 0.25) is 5.52 Å². The Bertz CT molecular complexity index is 906. The van der Waals surface area contributed by atoms with E-state index in [0.717, 1.165) is 4.47 Å². The zero-order chi connectivity index (χ0) is 16.4. The maximum atomic E-state index is 11.0. The molecular formula is C13H8BrN5O4. The second-order valence-electron chi connectivity index (χ2n) is 4.40. The van der Waals surface area contributed by atoms with Gasteiger partial charge in [-0.25, -0.2) is 9.62 Å². The molecule has 3 rings (SSSR count). The van der Waals surface area contributed by atoms with Crippen molar-refractivity contribution in [1.82, 2.24) is 15.8 Å². The van der Waals surface area contributed by atoms with Crippen molar-refractivity contribution in [2.75, 3.05) is 0 Å². The molecule has 0 saturated heterocycles. The number of nitro benzene ring substituents is 1. The molecule has 3 aromatic rings. The van der Waals surface area contributed by atoms with E-state index in [1.807, 2.05) is 5.48 Å². The fourth-order valence-corrected chi connectivity index (χ4v) is 2.22. The molecule has 1 aromatic heterocycles. The number of non-ortho nitro benzene ring substituents is 1. The minimum absolute atomic E-state index is 0.00986. The summed E-state index contributed by atoms with van der Waals surface area (Å²) in [7, 11) is 0. The van der Waals surface area contributed by atoms with Crippen molar-refractivity contribution in [1.29, 1.82) is 0 Å². The summed E-state index contributed by atoms with van der Waals surface area (Å²) in [6.07, 6.45) is 0. The SMILES string of the molecule is O=[N+]([O-])c1ccc(N=C(NO)c2ccc(Br)cc2)c2nonc12. The highest BCUT2D eigenvalue weighted by Crippen LogP contribution is 2.30. The molecule has 0 amide bonds. The van der Waals surface area contributed by atoms with Crippen molar-refractivity contribution >= 4 is 44.2 Å². The Balaban J connectivity index is 2.12. The molecule has 0 bridgehead atoms. The molecular weight excluding hydrogens is 370 g/mol. The van der Waals surface area contributed by atoms with Gasteiger partial charge in [0.15, 0.2) is 11.4 Å². The fourth-order valence-electron chi connectivity index (χ4n) is 1.96. The van der Waals surface area contributed by atoms with Crippen LogP contribution in [0.3, 0.4) is 0 Å². The molecule has 1 heterocycles. The third kappa shape index (κ3) is 2.89. The van der Waals surface area contributed by atoms with Crippen molar-refractivity contribution in [2.24, 2.45) is 4.99 Å². The zero-order valence-electron chi connectivity index (χ0n) is 11.3. The number of amidine groups is 1. The molecule has 116 valence electrons. The van der Waals surface area contributed by atoms with E-state index in [1.165, 1.54) is 12.1 Å². The largest absolute Gasteiger partial charge is 0.300 e. The summed E-state index contributed by atoms with van der Waals surface area (Å²) in [5.74, 6) is 0.149. The third-order valence-electron chi connectivity index (χ3n) is 3.03. The molecule has 23 heavy (non-hydrogen) atoms. The Morgan fingerprint density at radius 1 is 1.22 bits per heavy atom. The van der Waals surface area contributed by atoms with Crippen molar-refractivity contribution in [3.63, 3.8) is 0 Å². The van der Waals surface area contributed by atoms with Crippen LogP contribution >= 0.6 is 15.9 Å². The van der Waals surface area contributed by atoms with E-state index < -0.39 is 4.92 Å². The Morgan fingerprint density at radius 3 is 2.57 bits per heavy atom. The number of fused-ring (bicyclic) bond motifs is 1. The molecule has 0 fully saturated rings. The van der Waals surface area contributed by atoms with Gasteiger partial charge in [-0.3, -0.25) is 20.8 Å². The van der Waals surface area contributed by atoms with Crippen molar-refractivity contribution in [3.8, 4) is 0 Å². The van der Waals surface area contributed by atoms with E-state index in [4.69, 9.17) is 0 Å². The second kappa shape index (κ2) is 6.10. The molecule has 0 aliphatic carbocycles. The van der Waals surface area contributed by atoms with E-state index >= 15 is 0 Å². The minimum atomic E-state index is -0.583. The molecule has 0 aliphatic heterocycles. The van der Waals surface area contributed by atoms with E-state index in [2.05, 4.69) is 35.9 Å². The van der Waals surface area contributed by atoms with Crippen LogP contribution in [-0.2, 0) is 0 Å². The fraction of sp³-hybridized carbons (Fsp3) is 0. The van der Waals surface area contributed by atoms with Crippen LogP contribution in [0.4, 0.5) is 11.4 Å². The first-order valence-electron chi connectivity index (χ1n) is 6.24. The summed E-state index contributed by atoms with van der Waals surface area (Å²) in [6, 6.07) is 9.69. The van der Waals surface area contributed by atoms with Crippen LogP contribution in [0.15, 0.2) is 50.5 Å². The van der Waals surface area contributed by atoms with Crippen LogP contribution in [0.1, 0.15) is 5.56 Å². The molecule has 0 saturated carbocycles. The lowest BCUT2D eigenvalue weighted by Crippen LogP contribution is -2.19. The Morgan fingerprint density at radius 2 is 1.91 bits per heavy atom. The molecule has 0 unspecified atom stereocenters. The smallest absolute Gasteiger partial charge is 0.290 e. The summed E-state index contributed by atoms with van der Waals surface area (Å²) < 4.78 is 5.44. The average Bonchev–Trinajstić information content (AvgIpc) is 3.03. The number of hydrogen-bond acceptors (Lipinski definition) is 7. The molecule has 0 spiro atoms. The van der Waals surface area contributed by atoms with E-state index in [9.17, 15) is 15.3 Å². The number of hydrogen-bond donors (Lipinski definition) is 2. The Kier molecular flexibility index (Phi) is 4.00. The molecule has 2 aromatic carbocycles. The predicted molar refractivity (Wildman–Crippen MR) is 83.7 cm³/mol. The van der Waals surface area contributed by atoms with E-state index in [1.54, 1.807) is 24.3 Å².